The van der Waals surface area contributed by atoms with E-state index in [-0.39, 0.29) is 5.78 Å². The highest BCUT2D eigenvalue weighted by Crippen LogP contribution is 2.30. The van der Waals surface area contributed by atoms with Crippen LogP contribution in [0.15, 0.2) is 42.0 Å². The van der Waals surface area contributed by atoms with Crippen molar-refractivity contribution >= 4 is 23.1 Å². The van der Waals surface area contributed by atoms with Crippen LogP contribution in [-0.4, -0.2) is 31.8 Å². The van der Waals surface area contributed by atoms with Crippen molar-refractivity contribution < 1.29 is 23.9 Å². The fraction of sp³-hybridized carbons (Fsp3) is 0.235. The van der Waals surface area contributed by atoms with E-state index in [2.05, 4.69) is 4.74 Å². The smallest absolute Gasteiger partial charge is 0.374 e. The third kappa shape index (κ3) is 3.49. The molecular weight excluding hydrogens is 284 g/mol. The summed E-state index contributed by atoms with van der Waals surface area (Å²) in [4.78, 5) is 34.5. The summed E-state index contributed by atoms with van der Waals surface area (Å²) in [6.07, 6.45) is 3.52. The quantitative estimate of drug-likeness (QED) is 0.457. The molecule has 22 heavy (non-hydrogen) atoms. The maximum Gasteiger partial charge on any atom is 0.374 e. The Kier molecular flexibility index (Phi) is 4.88. The predicted molar refractivity (Wildman–Crippen MR) is 80.3 cm³/mol. The maximum absolute atomic E-state index is 12.0. The van der Waals surface area contributed by atoms with Crippen molar-refractivity contribution in [1.29, 1.82) is 0 Å². The molecule has 0 saturated heterocycles. The van der Waals surface area contributed by atoms with Crippen LogP contribution in [0.25, 0.3) is 5.57 Å². The summed E-state index contributed by atoms with van der Waals surface area (Å²) in [6.45, 7) is 0. The number of carbonyl (C=O) groups is 3. The van der Waals surface area contributed by atoms with Crippen LogP contribution in [0.3, 0.4) is 0 Å². The molecule has 1 aliphatic carbocycles. The molecule has 0 radical (unpaired) electrons. The first kappa shape index (κ1) is 15.7. The van der Waals surface area contributed by atoms with Crippen LogP contribution in [0.2, 0.25) is 0 Å². The Balaban J connectivity index is 1.97. The highest BCUT2D eigenvalue weighted by Gasteiger charge is 2.23. The van der Waals surface area contributed by atoms with Crippen LogP contribution < -0.4 is 4.74 Å². The fourth-order valence-electron chi connectivity index (χ4n) is 2.16. The lowest BCUT2D eigenvalue weighted by molar-refractivity contribution is -0.152. The van der Waals surface area contributed by atoms with Gasteiger partial charge in [-0.1, -0.05) is 24.3 Å². The van der Waals surface area contributed by atoms with Crippen LogP contribution in [0.1, 0.15) is 18.4 Å². The highest BCUT2D eigenvalue weighted by atomic mass is 16.5. The summed E-state index contributed by atoms with van der Waals surface area (Å²) < 4.78 is 9.40. The summed E-state index contributed by atoms with van der Waals surface area (Å²) in [7, 11) is 2.71. The van der Waals surface area contributed by atoms with Crippen LogP contribution in [0, 0.1) is 0 Å². The Bertz CT molecular complexity index is 665. The lowest BCUT2D eigenvalue weighted by Crippen LogP contribution is -2.19. The largest absolute Gasteiger partial charge is 0.497 e. The van der Waals surface area contributed by atoms with E-state index >= 15 is 0 Å². The molecule has 0 spiro atoms. The number of ether oxygens (including phenoxy) is 2. The van der Waals surface area contributed by atoms with Crippen LogP contribution >= 0.6 is 0 Å². The summed E-state index contributed by atoms with van der Waals surface area (Å²) in [5.41, 5.74) is 2.48. The zero-order chi connectivity index (χ0) is 16.1. The number of carbonyl (C=O) groups excluding carboxylic acids is 3. The predicted octanol–water partition coefficient (Wildman–Crippen LogP) is 2.11. The third-order valence-electron chi connectivity index (χ3n) is 3.42. The van der Waals surface area contributed by atoms with Gasteiger partial charge in [0.1, 0.15) is 5.75 Å². The van der Waals surface area contributed by atoms with E-state index in [1.54, 1.807) is 13.2 Å². The van der Waals surface area contributed by atoms with Crippen molar-refractivity contribution in [1.82, 2.24) is 0 Å². The van der Waals surface area contributed by atoms with Gasteiger partial charge in [0.25, 0.3) is 0 Å². The third-order valence-corrected chi connectivity index (χ3v) is 3.42. The molecule has 0 heterocycles. The number of Topliss-reactive ketones (excluding diaryl/α,β-unsaturated/α-hetero) is 2. The van der Waals surface area contributed by atoms with Gasteiger partial charge in [-0.3, -0.25) is 9.59 Å². The molecule has 0 fully saturated rings. The summed E-state index contributed by atoms with van der Waals surface area (Å²) in [6, 6.07) is 7.50. The molecule has 0 aromatic heterocycles. The molecule has 1 aromatic carbocycles. The zero-order valence-electron chi connectivity index (χ0n) is 12.4. The molecular formula is C17H16O5. The normalized spacial score (nSPS) is 13.2. The standard InChI is InChI=1S/C17H16O5/c1-21-14-7-5-11(6-8-14)12-3-4-13(9-12)15(18)10-16(19)17(20)22-2/h3-8H,9-10H2,1-2H3. The number of allylic oxidation sites excluding steroid dienone is 4. The minimum atomic E-state index is -0.990. The van der Waals surface area contributed by atoms with Crippen molar-refractivity contribution in [2.24, 2.45) is 0 Å². The van der Waals surface area contributed by atoms with E-state index in [4.69, 9.17) is 4.74 Å². The molecule has 0 amide bonds. The van der Waals surface area contributed by atoms with Gasteiger partial charge in [-0.05, 0) is 28.8 Å². The molecule has 5 nitrogen and oxygen atoms in total. The van der Waals surface area contributed by atoms with Gasteiger partial charge in [0.2, 0.25) is 5.78 Å². The van der Waals surface area contributed by atoms with Gasteiger partial charge in [-0.2, -0.15) is 0 Å². The number of hydrogen-bond acceptors (Lipinski definition) is 5. The molecule has 0 bridgehead atoms. The first-order valence-corrected chi connectivity index (χ1v) is 6.73. The van der Waals surface area contributed by atoms with Gasteiger partial charge < -0.3 is 9.47 Å². The molecule has 0 aliphatic heterocycles. The number of hydrogen-bond donors (Lipinski definition) is 0. The van der Waals surface area contributed by atoms with Gasteiger partial charge in [-0.25, -0.2) is 4.79 Å². The van der Waals surface area contributed by atoms with E-state index in [1.165, 1.54) is 0 Å². The van der Waals surface area contributed by atoms with Crippen molar-refractivity contribution in [2.75, 3.05) is 14.2 Å². The first-order chi connectivity index (χ1) is 10.5. The number of rotatable bonds is 6. The number of esters is 1. The Morgan fingerprint density at radius 2 is 1.73 bits per heavy atom. The number of ketones is 2. The van der Waals surface area contributed by atoms with Gasteiger partial charge in [0, 0.05) is 6.42 Å². The second kappa shape index (κ2) is 6.85. The minimum Gasteiger partial charge on any atom is -0.497 e. The molecule has 114 valence electrons. The van der Waals surface area contributed by atoms with E-state index in [9.17, 15) is 14.4 Å². The fourth-order valence-corrected chi connectivity index (χ4v) is 2.16. The molecule has 0 unspecified atom stereocenters. The van der Waals surface area contributed by atoms with Crippen molar-refractivity contribution in [3.63, 3.8) is 0 Å². The first-order valence-electron chi connectivity index (χ1n) is 6.73. The van der Waals surface area contributed by atoms with Crippen LogP contribution in [0.5, 0.6) is 5.75 Å². The monoisotopic (exact) mass is 300 g/mol. The molecule has 0 saturated carbocycles. The second-order valence-electron chi connectivity index (χ2n) is 4.80. The molecule has 2 rings (SSSR count). The molecule has 1 aliphatic rings. The Morgan fingerprint density at radius 1 is 1.05 bits per heavy atom. The van der Waals surface area contributed by atoms with Crippen molar-refractivity contribution in [2.45, 2.75) is 12.8 Å². The van der Waals surface area contributed by atoms with Gasteiger partial charge in [0.05, 0.1) is 20.6 Å². The van der Waals surface area contributed by atoms with E-state index in [0.29, 0.717) is 12.0 Å². The molecule has 1 aromatic rings. The van der Waals surface area contributed by atoms with E-state index < -0.39 is 18.2 Å². The number of methoxy groups -OCH3 is 2. The van der Waals surface area contributed by atoms with Gasteiger partial charge >= 0.3 is 5.97 Å². The summed E-state index contributed by atoms with van der Waals surface area (Å²) >= 11 is 0. The Hall–Kier alpha value is -2.69. The maximum atomic E-state index is 12.0. The van der Waals surface area contributed by atoms with Gasteiger partial charge in [0.15, 0.2) is 5.78 Å². The number of benzene rings is 1. The minimum absolute atomic E-state index is 0.352. The lowest BCUT2D eigenvalue weighted by Gasteiger charge is -2.06. The summed E-state index contributed by atoms with van der Waals surface area (Å²) in [5, 5.41) is 0. The van der Waals surface area contributed by atoms with Crippen molar-refractivity contribution in [3.8, 4) is 5.75 Å². The highest BCUT2D eigenvalue weighted by molar-refractivity contribution is 6.38. The Morgan fingerprint density at radius 3 is 2.32 bits per heavy atom. The topological polar surface area (TPSA) is 69.7 Å². The SMILES string of the molecule is COC(=O)C(=O)CC(=O)C1=CC=C(c2ccc(OC)cc2)C1. The van der Waals surface area contributed by atoms with Crippen LogP contribution in [-0.2, 0) is 19.1 Å². The molecule has 0 N–H and O–H groups in total. The molecule has 5 heteroatoms. The summed E-state index contributed by atoms with van der Waals surface area (Å²) in [5.74, 6) is -1.41. The molecule has 0 atom stereocenters. The average molecular weight is 300 g/mol. The Labute approximate surface area is 128 Å². The lowest BCUT2D eigenvalue weighted by atomic mass is 9.99. The van der Waals surface area contributed by atoms with Gasteiger partial charge in [-0.15, -0.1) is 0 Å². The zero-order valence-corrected chi connectivity index (χ0v) is 12.4. The van der Waals surface area contributed by atoms with Crippen molar-refractivity contribution in [3.05, 3.63) is 47.6 Å². The van der Waals surface area contributed by atoms with E-state index in [0.717, 1.165) is 24.0 Å². The average Bonchev–Trinajstić information content (AvgIpc) is 3.04. The van der Waals surface area contributed by atoms with Crippen LogP contribution in [0.4, 0.5) is 0 Å². The van der Waals surface area contributed by atoms with E-state index in [1.807, 2.05) is 30.3 Å². The second-order valence-corrected chi connectivity index (χ2v) is 4.80.